The Kier molecular flexibility index (Phi) is 5.51. The lowest BCUT2D eigenvalue weighted by atomic mass is 9.80. The van der Waals surface area contributed by atoms with Gasteiger partial charge in [0.15, 0.2) is 0 Å². The van der Waals surface area contributed by atoms with Gasteiger partial charge in [0.1, 0.15) is 0 Å². The number of hydrogen-bond donors (Lipinski definition) is 0. The van der Waals surface area contributed by atoms with E-state index in [-0.39, 0.29) is 23.8 Å². The topological polar surface area (TPSA) is 49.9 Å². The Morgan fingerprint density at radius 1 is 1.18 bits per heavy atom. The van der Waals surface area contributed by atoms with Crippen LogP contribution >= 0.6 is 11.3 Å². The van der Waals surface area contributed by atoms with E-state index in [1.165, 1.54) is 0 Å². The first-order valence-electron chi connectivity index (χ1n) is 9.87. The van der Waals surface area contributed by atoms with E-state index in [0.717, 1.165) is 10.4 Å². The van der Waals surface area contributed by atoms with Crippen LogP contribution in [0.1, 0.15) is 46.6 Å². The molecule has 1 saturated heterocycles. The summed E-state index contributed by atoms with van der Waals surface area (Å²) in [7, 11) is 0. The van der Waals surface area contributed by atoms with E-state index < -0.39 is 0 Å². The van der Waals surface area contributed by atoms with Crippen molar-refractivity contribution in [1.29, 1.82) is 0 Å². The van der Waals surface area contributed by atoms with Gasteiger partial charge in [-0.1, -0.05) is 38.1 Å². The maximum absolute atomic E-state index is 13.7. The molecular formula is C22H26N2O3S. The van der Waals surface area contributed by atoms with Crippen LogP contribution in [0.5, 0.6) is 0 Å². The maximum atomic E-state index is 13.7. The van der Waals surface area contributed by atoms with Gasteiger partial charge >= 0.3 is 0 Å². The summed E-state index contributed by atoms with van der Waals surface area (Å²) >= 11 is 1.62. The van der Waals surface area contributed by atoms with Crippen molar-refractivity contribution in [3.8, 4) is 0 Å². The molecule has 2 amide bonds. The standard InChI is InChI=1S/C22H26N2O3S/c1-15(2)14-24-20(18-8-5-13-28-18)19(22(26)23-9-11-27-12-10-23)16-6-3-4-7-17(16)21(24)25/h3-8,13,15,19-20H,9-12,14H2,1-2H3/t19-,20-/m0/s1. The van der Waals surface area contributed by atoms with Crippen LogP contribution < -0.4 is 0 Å². The van der Waals surface area contributed by atoms with Gasteiger partial charge < -0.3 is 14.5 Å². The lowest BCUT2D eigenvalue weighted by molar-refractivity contribution is -0.138. The third-order valence-electron chi connectivity index (χ3n) is 5.42. The van der Waals surface area contributed by atoms with E-state index in [9.17, 15) is 9.59 Å². The normalized spacial score (nSPS) is 22.5. The zero-order valence-electron chi connectivity index (χ0n) is 16.3. The number of hydrogen-bond acceptors (Lipinski definition) is 4. The molecule has 1 aromatic carbocycles. The molecule has 2 atom stereocenters. The molecule has 0 N–H and O–H groups in total. The molecule has 28 heavy (non-hydrogen) atoms. The molecule has 2 aliphatic rings. The zero-order chi connectivity index (χ0) is 19.7. The highest BCUT2D eigenvalue weighted by Gasteiger charge is 2.46. The van der Waals surface area contributed by atoms with Crippen molar-refractivity contribution in [3.63, 3.8) is 0 Å². The molecule has 6 heteroatoms. The summed E-state index contributed by atoms with van der Waals surface area (Å²) < 4.78 is 5.44. The SMILES string of the molecule is CC(C)CN1C(=O)c2ccccc2[C@H](C(=O)N2CCOCC2)[C@@H]1c1cccs1. The zero-order valence-corrected chi connectivity index (χ0v) is 17.2. The Morgan fingerprint density at radius 3 is 2.61 bits per heavy atom. The van der Waals surface area contributed by atoms with Crippen molar-refractivity contribution in [2.45, 2.75) is 25.8 Å². The van der Waals surface area contributed by atoms with Crippen LogP contribution in [0.4, 0.5) is 0 Å². The number of thiophene rings is 1. The van der Waals surface area contributed by atoms with Crippen molar-refractivity contribution in [3.05, 3.63) is 57.8 Å². The van der Waals surface area contributed by atoms with Crippen LogP contribution in [0.3, 0.4) is 0 Å². The molecule has 1 fully saturated rings. The number of amides is 2. The highest BCUT2D eigenvalue weighted by atomic mass is 32.1. The van der Waals surface area contributed by atoms with Gasteiger partial charge in [0, 0.05) is 30.1 Å². The molecule has 2 aromatic rings. The fourth-order valence-corrected chi connectivity index (χ4v) is 5.08. The minimum absolute atomic E-state index is 0.0220. The molecule has 0 bridgehead atoms. The molecule has 0 aliphatic carbocycles. The predicted molar refractivity (Wildman–Crippen MR) is 110 cm³/mol. The van der Waals surface area contributed by atoms with E-state index in [4.69, 9.17) is 4.74 Å². The van der Waals surface area contributed by atoms with Gasteiger partial charge in [0.05, 0.1) is 25.2 Å². The Hall–Kier alpha value is -2.18. The smallest absolute Gasteiger partial charge is 0.254 e. The Bertz CT molecular complexity index is 843. The van der Waals surface area contributed by atoms with Crippen LogP contribution in [0, 0.1) is 5.92 Å². The molecule has 0 radical (unpaired) electrons. The Morgan fingerprint density at radius 2 is 1.93 bits per heavy atom. The highest BCUT2D eigenvalue weighted by molar-refractivity contribution is 7.10. The highest BCUT2D eigenvalue weighted by Crippen LogP contribution is 2.45. The lowest BCUT2D eigenvalue weighted by Crippen LogP contribution is -2.51. The monoisotopic (exact) mass is 398 g/mol. The van der Waals surface area contributed by atoms with Gasteiger partial charge in [-0.2, -0.15) is 0 Å². The number of carbonyl (C=O) groups is 2. The predicted octanol–water partition coefficient (Wildman–Crippen LogP) is 3.54. The van der Waals surface area contributed by atoms with Gasteiger partial charge in [-0.3, -0.25) is 9.59 Å². The van der Waals surface area contributed by atoms with Crippen molar-refractivity contribution in [2.24, 2.45) is 5.92 Å². The summed E-state index contributed by atoms with van der Waals surface area (Å²) in [6, 6.07) is 11.4. The number of benzene rings is 1. The summed E-state index contributed by atoms with van der Waals surface area (Å²) in [6.07, 6.45) is 0. The largest absolute Gasteiger partial charge is 0.378 e. The average Bonchev–Trinajstić information content (AvgIpc) is 3.24. The van der Waals surface area contributed by atoms with Crippen LogP contribution in [-0.4, -0.2) is 54.5 Å². The molecular weight excluding hydrogens is 372 g/mol. The second-order valence-corrected chi connectivity index (χ2v) is 8.79. The molecule has 0 saturated carbocycles. The number of rotatable bonds is 4. The van der Waals surface area contributed by atoms with E-state index in [1.54, 1.807) is 11.3 Å². The number of morpholine rings is 1. The van der Waals surface area contributed by atoms with E-state index in [0.29, 0.717) is 44.3 Å². The minimum Gasteiger partial charge on any atom is -0.378 e. The molecule has 5 nitrogen and oxygen atoms in total. The van der Waals surface area contributed by atoms with E-state index >= 15 is 0 Å². The first kappa shape index (κ1) is 19.2. The van der Waals surface area contributed by atoms with E-state index in [2.05, 4.69) is 13.8 Å². The van der Waals surface area contributed by atoms with Gasteiger partial charge in [0.2, 0.25) is 5.91 Å². The second kappa shape index (κ2) is 8.05. The van der Waals surface area contributed by atoms with Crippen LogP contribution in [0.15, 0.2) is 41.8 Å². The van der Waals surface area contributed by atoms with Gasteiger partial charge in [-0.15, -0.1) is 11.3 Å². The van der Waals surface area contributed by atoms with Crippen molar-refractivity contribution >= 4 is 23.2 Å². The van der Waals surface area contributed by atoms with E-state index in [1.807, 2.05) is 51.6 Å². The Balaban J connectivity index is 1.83. The second-order valence-electron chi connectivity index (χ2n) is 7.81. The van der Waals surface area contributed by atoms with Crippen molar-refractivity contribution < 1.29 is 14.3 Å². The number of fused-ring (bicyclic) bond motifs is 1. The quantitative estimate of drug-likeness (QED) is 0.792. The molecule has 0 spiro atoms. The number of ether oxygens (including phenoxy) is 1. The first-order chi connectivity index (χ1) is 13.6. The molecule has 2 aliphatic heterocycles. The molecule has 0 unspecified atom stereocenters. The Labute approximate surface area is 169 Å². The van der Waals surface area contributed by atoms with Gasteiger partial charge in [-0.25, -0.2) is 0 Å². The third-order valence-corrected chi connectivity index (χ3v) is 6.37. The average molecular weight is 399 g/mol. The van der Waals surface area contributed by atoms with Gasteiger partial charge in [0.25, 0.3) is 5.91 Å². The third kappa shape index (κ3) is 3.47. The van der Waals surface area contributed by atoms with Crippen LogP contribution in [0.2, 0.25) is 0 Å². The lowest BCUT2D eigenvalue weighted by Gasteiger charge is -2.43. The summed E-state index contributed by atoms with van der Waals surface area (Å²) in [6.45, 7) is 7.19. The molecule has 148 valence electrons. The molecule has 3 heterocycles. The minimum atomic E-state index is -0.385. The fourth-order valence-electron chi connectivity index (χ4n) is 4.21. The van der Waals surface area contributed by atoms with Crippen LogP contribution in [-0.2, 0) is 9.53 Å². The van der Waals surface area contributed by atoms with Gasteiger partial charge in [-0.05, 0) is 29.0 Å². The summed E-state index contributed by atoms with van der Waals surface area (Å²) in [5.74, 6) is 0.0457. The summed E-state index contributed by atoms with van der Waals surface area (Å²) in [5.41, 5.74) is 1.50. The first-order valence-corrected chi connectivity index (χ1v) is 10.8. The fraction of sp³-hybridized carbons (Fsp3) is 0.455. The summed E-state index contributed by atoms with van der Waals surface area (Å²) in [5, 5.41) is 2.02. The van der Waals surface area contributed by atoms with Crippen LogP contribution in [0.25, 0.3) is 0 Å². The summed E-state index contributed by atoms with van der Waals surface area (Å²) in [4.78, 5) is 32.0. The van der Waals surface area contributed by atoms with Crippen molar-refractivity contribution in [2.75, 3.05) is 32.8 Å². The maximum Gasteiger partial charge on any atom is 0.254 e. The molecule has 4 rings (SSSR count). The molecule has 1 aromatic heterocycles. The van der Waals surface area contributed by atoms with Crippen molar-refractivity contribution in [1.82, 2.24) is 9.80 Å². The number of carbonyl (C=O) groups excluding carboxylic acids is 2. The number of nitrogens with zero attached hydrogens (tertiary/aromatic N) is 2.